The number of unbranched alkanes of at least 4 members (excludes halogenated alkanes) is 21. The second-order valence-corrected chi connectivity index (χ2v) is 19.4. The van der Waals surface area contributed by atoms with Gasteiger partial charge in [0.05, 0.1) is 25.0 Å². The number of nitrogens with one attached hydrogen (secondary N) is 1. The molecule has 0 heterocycles. The number of rotatable bonds is 48. The van der Waals surface area contributed by atoms with Crippen LogP contribution in [0.25, 0.3) is 0 Å². The van der Waals surface area contributed by atoms with E-state index in [1.807, 2.05) is 0 Å². The van der Waals surface area contributed by atoms with Gasteiger partial charge in [0, 0.05) is 6.54 Å². The predicted molar refractivity (Wildman–Crippen MR) is 268 cm³/mol. The number of carbonyl (C=O) groups is 3. The van der Waals surface area contributed by atoms with Crippen molar-refractivity contribution in [1.82, 2.24) is 15.1 Å². The molecule has 0 radical (unpaired) electrons. The maximum atomic E-state index is 13.4. The quantitative estimate of drug-likeness (QED) is 0.0366. The average molecular weight is 894 g/mol. The van der Waals surface area contributed by atoms with Gasteiger partial charge in [-0.15, -0.1) is 0 Å². The third-order valence-corrected chi connectivity index (χ3v) is 12.8. The average Bonchev–Trinajstić information content (AvgIpc) is 3.26. The third kappa shape index (κ3) is 41.3. The van der Waals surface area contributed by atoms with Gasteiger partial charge >= 0.3 is 18.0 Å². The van der Waals surface area contributed by atoms with Crippen LogP contribution in [-0.4, -0.2) is 94.5 Å². The van der Waals surface area contributed by atoms with E-state index in [9.17, 15) is 14.4 Å². The van der Waals surface area contributed by atoms with Gasteiger partial charge in [0.25, 0.3) is 0 Å². The molecule has 2 atom stereocenters. The molecule has 9 heteroatoms. The van der Waals surface area contributed by atoms with Crippen molar-refractivity contribution in [2.75, 3.05) is 60.5 Å². The Morgan fingerprint density at radius 1 is 0.413 bits per heavy atom. The van der Waals surface area contributed by atoms with Crippen molar-refractivity contribution >= 4 is 18.0 Å². The first-order valence-electron chi connectivity index (χ1n) is 27.3. The van der Waals surface area contributed by atoms with Gasteiger partial charge < -0.3 is 29.3 Å². The molecule has 0 spiro atoms. The number of esters is 2. The lowest BCUT2D eigenvalue weighted by molar-refractivity contribution is -0.150. The fourth-order valence-electron chi connectivity index (χ4n) is 8.56. The summed E-state index contributed by atoms with van der Waals surface area (Å²) >= 11 is 0. The van der Waals surface area contributed by atoms with Gasteiger partial charge in [-0.1, -0.05) is 182 Å². The topological polar surface area (TPSA) is 97.4 Å². The van der Waals surface area contributed by atoms with E-state index in [4.69, 9.17) is 14.2 Å². The number of hydrogen-bond donors (Lipinski definition) is 1. The van der Waals surface area contributed by atoms with Crippen molar-refractivity contribution < 1.29 is 28.6 Å². The SMILES string of the molecule is CCCCCCCCCC(CCCCCCC)C(=O)OCCCC(CCCOC(=O)C(CCCCCCC)CCCCCCCCC)OC(=O)NCCCN(C)CCCCN(C)C. The van der Waals surface area contributed by atoms with Gasteiger partial charge in [0.15, 0.2) is 0 Å². The molecule has 0 aliphatic rings. The molecule has 0 aromatic heterocycles. The van der Waals surface area contributed by atoms with E-state index in [0.29, 0.717) is 45.4 Å². The molecule has 9 nitrogen and oxygen atoms in total. The molecule has 0 aliphatic carbocycles. The predicted octanol–water partition coefficient (Wildman–Crippen LogP) is 14.6. The number of amides is 1. The Morgan fingerprint density at radius 2 is 0.762 bits per heavy atom. The molecule has 63 heavy (non-hydrogen) atoms. The maximum Gasteiger partial charge on any atom is 0.407 e. The molecule has 1 amide bonds. The largest absolute Gasteiger partial charge is 0.465 e. The molecule has 0 aliphatic heterocycles. The number of alkyl carbamates (subject to hydrolysis) is 1. The van der Waals surface area contributed by atoms with Crippen LogP contribution in [0.1, 0.15) is 252 Å². The highest BCUT2D eigenvalue weighted by Crippen LogP contribution is 2.23. The Balaban J connectivity index is 5.26. The fraction of sp³-hybridized carbons (Fsp3) is 0.944. The Morgan fingerprint density at radius 3 is 1.14 bits per heavy atom. The third-order valence-electron chi connectivity index (χ3n) is 12.8. The van der Waals surface area contributed by atoms with Gasteiger partial charge in [0.1, 0.15) is 6.10 Å². The highest BCUT2D eigenvalue weighted by Gasteiger charge is 2.22. The molecule has 0 saturated heterocycles. The van der Waals surface area contributed by atoms with Crippen molar-refractivity contribution in [3.05, 3.63) is 0 Å². The zero-order valence-electron chi connectivity index (χ0n) is 43.1. The number of ether oxygens (including phenoxy) is 3. The van der Waals surface area contributed by atoms with Crippen LogP contribution in [0.2, 0.25) is 0 Å². The van der Waals surface area contributed by atoms with E-state index >= 15 is 0 Å². The summed E-state index contributed by atoms with van der Waals surface area (Å²) in [6, 6.07) is 0. The Bertz CT molecular complexity index is 956. The number of carbonyl (C=O) groups excluding carboxylic acids is 3. The highest BCUT2D eigenvalue weighted by molar-refractivity contribution is 5.72. The second kappa shape index (κ2) is 46.7. The summed E-state index contributed by atoms with van der Waals surface area (Å²) in [5, 5.41) is 2.97. The van der Waals surface area contributed by atoms with Crippen molar-refractivity contribution in [2.45, 2.75) is 259 Å². The highest BCUT2D eigenvalue weighted by atomic mass is 16.6. The van der Waals surface area contributed by atoms with Crippen LogP contribution in [0.4, 0.5) is 4.79 Å². The van der Waals surface area contributed by atoms with Crippen LogP contribution in [0.15, 0.2) is 0 Å². The van der Waals surface area contributed by atoms with Crippen molar-refractivity contribution in [3.8, 4) is 0 Å². The minimum atomic E-state index is -0.404. The van der Waals surface area contributed by atoms with Crippen LogP contribution in [0.5, 0.6) is 0 Å². The van der Waals surface area contributed by atoms with Gasteiger partial charge in [0.2, 0.25) is 0 Å². The fourth-order valence-corrected chi connectivity index (χ4v) is 8.56. The zero-order chi connectivity index (χ0) is 46.4. The Kier molecular flexibility index (Phi) is 45.3. The summed E-state index contributed by atoms with van der Waals surface area (Å²) < 4.78 is 17.8. The van der Waals surface area contributed by atoms with Crippen LogP contribution < -0.4 is 5.32 Å². The normalized spacial score (nSPS) is 13.0. The molecule has 0 saturated carbocycles. The van der Waals surface area contributed by atoms with Crippen molar-refractivity contribution in [2.24, 2.45) is 11.8 Å². The summed E-state index contributed by atoms with van der Waals surface area (Å²) in [6.07, 6.45) is 37.9. The Hall–Kier alpha value is -1.87. The van der Waals surface area contributed by atoms with E-state index in [0.717, 1.165) is 83.8 Å². The van der Waals surface area contributed by atoms with Crippen LogP contribution in [0, 0.1) is 11.8 Å². The van der Waals surface area contributed by atoms with Crippen LogP contribution >= 0.6 is 0 Å². The van der Waals surface area contributed by atoms with E-state index in [2.05, 4.69) is 64.0 Å². The first-order valence-corrected chi connectivity index (χ1v) is 27.3. The lowest BCUT2D eigenvalue weighted by Crippen LogP contribution is -2.32. The summed E-state index contributed by atoms with van der Waals surface area (Å²) in [4.78, 5) is 44.4. The van der Waals surface area contributed by atoms with E-state index in [1.165, 1.54) is 135 Å². The first kappa shape index (κ1) is 61.1. The minimum Gasteiger partial charge on any atom is -0.465 e. The van der Waals surface area contributed by atoms with Crippen LogP contribution in [-0.2, 0) is 23.8 Å². The molecule has 0 aromatic rings. The van der Waals surface area contributed by atoms with E-state index in [-0.39, 0.29) is 29.9 Å². The minimum absolute atomic E-state index is 0.0298. The second-order valence-electron chi connectivity index (χ2n) is 19.4. The summed E-state index contributed by atoms with van der Waals surface area (Å²) in [7, 11) is 6.36. The lowest BCUT2D eigenvalue weighted by atomic mass is 9.94. The van der Waals surface area contributed by atoms with E-state index in [1.54, 1.807) is 0 Å². The molecule has 0 fully saturated rings. The lowest BCUT2D eigenvalue weighted by Gasteiger charge is -2.20. The summed E-state index contributed by atoms with van der Waals surface area (Å²) in [5.41, 5.74) is 0. The van der Waals surface area contributed by atoms with Crippen molar-refractivity contribution in [1.29, 1.82) is 0 Å². The number of hydrogen-bond acceptors (Lipinski definition) is 8. The first-order chi connectivity index (χ1) is 30.7. The zero-order valence-corrected chi connectivity index (χ0v) is 43.1. The van der Waals surface area contributed by atoms with E-state index < -0.39 is 6.09 Å². The van der Waals surface area contributed by atoms with Crippen molar-refractivity contribution in [3.63, 3.8) is 0 Å². The summed E-state index contributed by atoms with van der Waals surface area (Å²) in [6.45, 7) is 13.3. The van der Waals surface area contributed by atoms with Crippen LogP contribution in [0.3, 0.4) is 0 Å². The smallest absolute Gasteiger partial charge is 0.407 e. The molecule has 1 N–H and O–H groups in total. The molecule has 0 rings (SSSR count). The Labute approximate surface area is 391 Å². The molecule has 0 bridgehead atoms. The molecular weight excluding hydrogens is 787 g/mol. The standard InChI is InChI=1S/C54H107N3O6/c1-8-12-16-20-22-26-30-39-49(37-28-24-18-14-10-3)52(58)61-47-34-41-51(63-54(60)55-43-36-46-57(7)45-33-32-44-56(5)6)42-35-48-62-53(59)50(38-29-25-19-15-11-4)40-31-27-23-21-17-13-9-2/h49-51H,8-48H2,1-7H3,(H,55,60). The molecule has 0 aromatic carbocycles. The molecule has 2 unspecified atom stereocenters. The van der Waals surface area contributed by atoms with Gasteiger partial charge in [-0.25, -0.2) is 4.79 Å². The monoisotopic (exact) mass is 894 g/mol. The maximum absolute atomic E-state index is 13.4. The van der Waals surface area contributed by atoms with Gasteiger partial charge in [-0.05, 0) is 111 Å². The summed E-state index contributed by atoms with van der Waals surface area (Å²) in [5.74, 6) is -0.175. The molecule has 374 valence electrons. The molecular formula is C54H107N3O6. The van der Waals surface area contributed by atoms with Gasteiger partial charge in [-0.2, -0.15) is 0 Å². The number of nitrogens with zero attached hydrogens (tertiary/aromatic N) is 2. The van der Waals surface area contributed by atoms with Gasteiger partial charge in [-0.3, -0.25) is 9.59 Å².